The molecule has 0 unspecified atom stereocenters. The molecule has 2 aromatic rings. The highest BCUT2D eigenvalue weighted by molar-refractivity contribution is 5.79. The fourth-order valence-corrected chi connectivity index (χ4v) is 4.75. The summed E-state index contributed by atoms with van der Waals surface area (Å²) in [7, 11) is 1.79. The third-order valence-electron chi connectivity index (χ3n) is 6.81. The van der Waals surface area contributed by atoms with Gasteiger partial charge in [-0.2, -0.15) is 0 Å². The summed E-state index contributed by atoms with van der Waals surface area (Å²) >= 11 is 0. The predicted octanol–water partition coefficient (Wildman–Crippen LogP) is 3.83. The molecular weight excluding hydrogens is 403 g/mol. The maximum absolute atomic E-state index is 13.5. The number of aliphatic imine (C=N–C) groups is 1. The van der Waals surface area contributed by atoms with Gasteiger partial charge in [-0.1, -0.05) is 36.4 Å². The summed E-state index contributed by atoms with van der Waals surface area (Å²) < 4.78 is 19.1. The number of benzene rings is 2. The van der Waals surface area contributed by atoms with Crippen LogP contribution in [0.4, 0.5) is 4.39 Å². The third kappa shape index (κ3) is 5.87. The number of halogens is 1. The van der Waals surface area contributed by atoms with E-state index in [2.05, 4.69) is 44.8 Å². The van der Waals surface area contributed by atoms with Crippen molar-refractivity contribution in [1.29, 1.82) is 0 Å². The van der Waals surface area contributed by atoms with Gasteiger partial charge in [0.25, 0.3) is 0 Å². The lowest BCUT2D eigenvalue weighted by Gasteiger charge is -2.38. The van der Waals surface area contributed by atoms with Crippen LogP contribution in [0.3, 0.4) is 0 Å². The molecule has 172 valence electrons. The van der Waals surface area contributed by atoms with E-state index in [-0.39, 0.29) is 11.2 Å². The molecule has 2 N–H and O–H groups in total. The zero-order chi connectivity index (χ0) is 22.2. The van der Waals surface area contributed by atoms with Crippen LogP contribution in [0.1, 0.15) is 42.4 Å². The Bertz CT molecular complexity index is 870. The van der Waals surface area contributed by atoms with E-state index in [4.69, 9.17) is 4.74 Å². The van der Waals surface area contributed by atoms with Crippen LogP contribution in [0, 0.1) is 5.82 Å². The van der Waals surface area contributed by atoms with Crippen molar-refractivity contribution in [3.8, 4) is 0 Å². The molecule has 0 aromatic heterocycles. The molecule has 0 bridgehead atoms. The van der Waals surface area contributed by atoms with Gasteiger partial charge in [-0.15, -0.1) is 0 Å². The average Bonchev–Trinajstić information content (AvgIpc) is 3.34. The second-order valence-electron chi connectivity index (χ2n) is 8.98. The number of hydrogen-bond donors (Lipinski definition) is 2. The number of hydrogen-bond acceptors (Lipinski definition) is 3. The number of nitrogens with one attached hydrogen (secondary N) is 2. The van der Waals surface area contributed by atoms with Gasteiger partial charge in [0.1, 0.15) is 5.82 Å². The summed E-state index contributed by atoms with van der Waals surface area (Å²) in [5.41, 5.74) is 3.68. The first-order valence-corrected chi connectivity index (χ1v) is 11.8. The Morgan fingerprint density at radius 2 is 1.62 bits per heavy atom. The second-order valence-corrected chi connectivity index (χ2v) is 8.98. The number of guanidine groups is 1. The lowest BCUT2D eigenvalue weighted by Crippen LogP contribution is -2.47. The highest BCUT2D eigenvalue weighted by atomic mass is 19.1. The normalized spacial score (nSPS) is 19.1. The van der Waals surface area contributed by atoms with E-state index in [1.54, 1.807) is 19.2 Å². The minimum absolute atomic E-state index is 0.0825. The molecule has 0 aliphatic carbocycles. The SMILES string of the molecule is CN=C(NCc1ccc(CN2CCCC2)cc1)NCC1(c2ccc(F)cc2)CCOCC1. The minimum Gasteiger partial charge on any atom is -0.381 e. The predicted molar refractivity (Wildman–Crippen MR) is 127 cm³/mol. The van der Waals surface area contributed by atoms with Gasteiger partial charge in [-0.05, 0) is 67.6 Å². The Morgan fingerprint density at radius 3 is 2.28 bits per heavy atom. The number of nitrogens with zero attached hydrogens (tertiary/aromatic N) is 2. The zero-order valence-corrected chi connectivity index (χ0v) is 19.1. The fraction of sp³-hybridized carbons (Fsp3) is 0.500. The van der Waals surface area contributed by atoms with E-state index < -0.39 is 0 Å². The van der Waals surface area contributed by atoms with Gasteiger partial charge in [0.05, 0.1) is 0 Å². The summed E-state index contributed by atoms with van der Waals surface area (Å²) in [6.45, 7) is 6.37. The highest BCUT2D eigenvalue weighted by Crippen LogP contribution is 2.34. The molecule has 6 heteroatoms. The summed E-state index contributed by atoms with van der Waals surface area (Å²) in [4.78, 5) is 6.93. The summed E-state index contributed by atoms with van der Waals surface area (Å²) in [5, 5.41) is 6.94. The Morgan fingerprint density at radius 1 is 0.969 bits per heavy atom. The van der Waals surface area contributed by atoms with Crippen LogP contribution in [0.2, 0.25) is 0 Å². The minimum atomic E-state index is -0.201. The lowest BCUT2D eigenvalue weighted by molar-refractivity contribution is 0.0513. The first-order chi connectivity index (χ1) is 15.7. The van der Waals surface area contributed by atoms with Crippen molar-refractivity contribution in [1.82, 2.24) is 15.5 Å². The van der Waals surface area contributed by atoms with Crippen LogP contribution >= 0.6 is 0 Å². The molecule has 2 heterocycles. The monoisotopic (exact) mass is 438 g/mol. The van der Waals surface area contributed by atoms with Crippen LogP contribution in [0.5, 0.6) is 0 Å². The largest absolute Gasteiger partial charge is 0.381 e. The molecule has 0 spiro atoms. The molecule has 2 aromatic carbocycles. The molecule has 32 heavy (non-hydrogen) atoms. The number of likely N-dealkylation sites (tertiary alicyclic amines) is 1. The first-order valence-electron chi connectivity index (χ1n) is 11.8. The smallest absolute Gasteiger partial charge is 0.191 e. The molecule has 2 saturated heterocycles. The highest BCUT2D eigenvalue weighted by Gasteiger charge is 2.34. The van der Waals surface area contributed by atoms with E-state index in [1.807, 2.05) is 12.1 Å². The standard InChI is InChI=1S/C26H35FN4O/c1-28-25(29-18-21-4-6-22(7-5-21)19-31-14-2-3-15-31)30-20-26(12-16-32-17-13-26)23-8-10-24(27)11-9-23/h4-11H,2-3,12-20H2,1H3,(H2,28,29,30). The quantitative estimate of drug-likeness (QED) is 0.510. The van der Waals surface area contributed by atoms with E-state index in [0.29, 0.717) is 0 Å². The summed E-state index contributed by atoms with van der Waals surface area (Å²) in [6, 6.07) is 15.8. The van der Waals surface area contributed by atoms with Crippen LogP contribution in [0.25, 0.3) is 0 Å². The molecule has 0 amide bonds. The lowest BCUT2D eigenvalue weighted by atomic mass is 9.74. The number of ether oxygens (including phenoxy) is 1. The average molecular weight is 439 g/mol. The van der Waals surface area contributed by atoms with Gasteiger partial charge in [0, 0.05) is 45.3 Å². The van der Waals surface area contributed by atoms with Gasteiger partial charge in [0.15, 0.2) is 5.96 Å². The Hall–Kier alpha value is -2.44. The molecule has 2 aliphatic heterocycles. The van der Waals surface area contributed by atoms with Gasteiger partial charge in [0.2, 0.25) is 0 Å². The Balaban J connectivity index is 1.32. The van der Waals surface area contributed by atoms with E-state index in [0.717, 1.165) is 57.2 Å². The van der Waals surface area contributed by atoms with Crippen molar-refractivity contribution < 1.29 is 9.13 Å². The van der Waals surface area contributed by atoms with Crippen LogP contribution < -0.4 is 10.6 Å². The number of rotatable bonds is 7. The third-order valence-corrected chi connectivity index (χ3v) is 6.81. The van der Waals surface area contributed by atoms with Gasteiger partial charge in [-0.25, -0.2) is 4.39 Å². The summed E-state index contributed by atoms with van der Waals surface area (Å²) in [5.74, 6) is 0.576. The second kappa shape index (κ2) is 10.9. The molecular formula is C26H35FN4O. The molecule has 0 saturated carbocycles. The Labute approximate surface area is 191 Å². The van der Waals surface area contributed by atoms with Crippen LogP contribution in [0.15, 0.2) is 53.5 Å². The van der Waals surface area contributed by atoms with Crippen molar-refractivity contribution in [2.45, 2.75) is 44.2 Å². The molecule has 2 fully saturated rings. The van der Waals surface area contributed by atoms with Gasteiger partial charge >= 0.3 is 0 Å². The van der Waals surface area contributed by atoms with E-state index in [9.17, 15) is 4.39 Å². The molecule has 0 radical (unpaired) electrons. The van der Waals surface area contributed by atoms with E-state index >= 15 is 0 Å². The van der Waals surface area contributed by atoms with Gasteiger partial charge < -0.3 is 15.4 Å². The first kappa shape index (κ1) is 22.7. The van der Waals surface area contributed by atoms with Crippen molar-refractivity contribution >= 4 is 5.96 Å². The van der Waals surface area contributed by atoms with E-state index in [1.165, 1.54) is 37.1 Å². The molecule has 4 rings (SSSR count). The zero-order valence-electron chi connectivity index (χ0n) is 19.1. The maximum Gasteiger partial charge on any atom is 0.191 e. The van der Waals surface area contributed by atoms with Crippen molar-refractivity contribution in [3.63, 3.8) is 0 Å². The van der Waals surface area contributed by atoms with Crippen molar-refractivity contribution in [3.05, 3.63) is 71.0 Å². The summed E-state index contributed by atoms with van der Waals surface area (Å²) in [6.07, 6.45) is 4.45. The van der Waals surface area contributed by atoms with Crippen LogP contribution in [-0.2, 0) is 23.2 Å². The molecule has 2 aliphatic rings. The van der Waals surface area contributed by atoms with Crippen molar-refractivity contribution in [2.75, 3.05) is 39.9 Å². The fourth-order valence-electron chi connectivity index (χ4n) is 4.75. The Kier molecular flexibility index (Phi) is 7.76. The topological polar surface area (TPSA) is 48.9 Å². The van der Waals surface area contributed by atoms with Gasteiger partial charge in [-0.3, -0.25) is 9.89 Å². The van der Waals surface area contributed by atoms with Crippen LogP contribution in [-0.4, -0.2) is 50.8 Å². The van der Waals surface area contributed by atoms with Crippen molar-refractivity contribution in [2.24, 2.45) is 4.99 Å². The molecule has 0 atom stereocenters. The molecule has 5 nitrogen and oxygen atoms in total. The maximum atomic E-state index is 13.5.